The summed E-state index contributed by atoms with van der Waals surface area (Å²) < 4.78 is 12.7. The lowest BCUT2D eigenvalue weighted by molar-refractivity contribution is 0.351. The molecular weight excluding hydrogens is 294 g/mol. The van der Waals surface area contributed by atoms with Crippen LogP contribution in [0.4, 0.5) is 0 Å². The Morgan fingerprint density at radius 3 is 2.56 bits per heavy atom. The summed E-state index contributed by atoms with van der Waals surface area (Å²) >= 11 is 3.67. The van der Waals surface area contributed by atoms with Crippen LogP contribution < -0.4 is 15.2 Å². The van der Waals surface area contributed by atoms with E-state index < -0.39 is 0 Å². The molecule has 0 saturated carbocycles. The first-order valence-corrected chi connectivity index (χ1v) is 7.33. The van der Waals surface area contributed by atoms with Crippen LogP contribution in [0.15, 0.2) is 4.47 Å². The van der Waals surface area contributed by atoms with Crippen LogP contribution in [0.2, 0.25) is 0 Å². The van der Waals surface area contributed by atoms with E-state index >= 15 is 0 Å². The third-order valence-corrected chi connectivity index (χ3v) is 4.64. The lowest BCUT2D eigenvalue weighted by atomic mass is 9.92. The average Bonchev–Trinajstić information content (AvgIpc) is 3.02. The molecule has 1 atom stereocenters. The highest BCUT2D eigenvalue weighted by Crippen LogP contribution is 2.47. The molecule has 3 rings (SSSR count). The first-order chi connectivity index (χ1) is 8.72. The predicted molar refractivity (Wildman–Crippen MR) is 74.5 cm³/mol. The van der Waals surface area contributed by atoms with Crippen molar-refractivity contribution in [2.75, 3.05) is 19.8 Å². The number of hydrogen-bond donors (Lipinski definition) is 1. The molecule has 2 heterocycles. The van der Waals surface area contributed by atoms with Crippen molar-refractivity contribution in [2.45, 2.75) is 26.2 Å². The van der Waals surface area contributed by atoms with E-state index in [2.05, 4.69) is 22.9 Å². The van der Waals surface area contributed by atoms with Gasteiger partial charge in [0.25, 0.3) is 0 Å². The number of nitrogens with two attached hydrogens (primary N) is 1. The zero-order valence-corrected chi connectivity index (χ0v) is 12.2. The number of benzene rings is 1. The summed E-state index contributed by atoms with van der Waals surface area (Å²) in [4.78, 5) is 0. The van der Waals surface area contributed by atoms with E-state index in [4.69, 9.17) is 15.2 Å². The van der Waals surface area contributed by atoms with Crippen LogP contribution in [0.1, 0.15) is 23.6 Å². The maximum Gasteiger partial charge on any atom is 0.137 e. The van der Waals surface area contributed by atoms with Gasteiger partial charge in [0.05, 0.1) is 17.7 Å². The SMILES string of the molecule is CC(CN)Cc1c2c(c(Br)c3c1OCC3)OCC2. The van der Waals surface area contributed by atoms with Gasteiger partial charge in [-0.05, 0) is 34.8 Å². The highest BCUT2D eigenvalue weighted by Gasteiger charge is 2.30. The van der Waals surface area contributed by atoms with E-state index in [1.807, 2.05) is 0 Å². The molecule has 3 nitrogen and oxygen atoms in total. The van der Waals surface area contributed by atoms with Gasteiger partial charge in [0, 0.05) is 29.5 Å². The fraction of sp³-hybridized carbons (Fsp3) is 0.571. The van der Waals surface area contributed by atoms with E-state index in [9.17, 15) is 0 Å². The van der Waals surface area contributed by atoms with Gasteiger partial charge in [-0.2, -0.15) is 0 Å². The van der Waals surface area contributed by atoms with Gasteiger partial charge in [-0.15, -0.1) is 0 Å². The van der Waals surface area contributed by atoms with Crippen LogP contribution in [0.25, 0.3) is 0 Å². The summed E-state index contributed by atoms with van der Waals surface area (Å²) in [5.41, 5.74) is 9.68. The molecule has 0 spiro atoms. The van der Waals surface area contributed by atoms with Gasteiger partial charge in [-0.3, -0.25) is 0 Å². The smallest absolute Gasteiger partial charge is 0.137 e. The fourth-order valence-corrected chi connectivity index (χ4v) is 3.53. The second kappa shape index (κ2) is 4.74. The molecule has 0 aromatic heterocycles. The van der Waals surface area contributed by atoms with Gasteiger partial charge in [-0.1, -0.05) is 6.92 Å². The summed E-state index contributed by atoms with van der Waals surface area (Å²) in [6.07, 6.45) is 2.94. The molecule has 1 aromatic rings. The quantitative estimate of drug-likeness (QED) is 0.932. The minimum Gasteiger partial charge on any atom is -0.493 e. The molecule has 0 aliphatic carbocycles. The Hall–Kier alpha value is -0.740. The predicted octanol–water partition coefficient (Wildman–Crippen LogP) is 2.46. The first kappa shape index (κ1) is 12.3. The largest absolute Gasteiger partial charge is 0.493 e. The molecule has 98 valence electrons. The van der Waals surface area contributed by atoms with Gasteiger partial charge in [-0.25, -0.2) is 0 Å². The summed E-state index contributed by atoms with van der Waals surface area (Å²) in [6, 6.07) is 0. The molecule has 0 radical (unpaired) electrons. The average molecular weight is 312 g/mol. The molecule has 0 saturated heterocycles. The lowest BCUT2D eigenvalue weighted by Crippen LogP contribution is -2.14. The lowest BCUT2D eigenvalue weighted by Gasteiger charge is -2.17. The van der Waals surface area contributed by atoms with Gasteiger partial charge >= 0.3 is 0 Å². The third-order valence-electron chi connectivity index (χ3n) is 3.80. The van der Waals surface area contributed by atoms with E-state index in [0.717, 1.165) is 48.4 Å². The number of halogens is 1. The summed E-state index contributed by atoms with van der Waals surface area (Å²) in [7, 11) is 0. The second-order valence-corrected chi connectivity index (χ2v) is 5.94. The number of fused-ring (bicyclic) bond motifs is 2. The molecule has 4 heteroatoms. The van der Waals surface area contributed by atoms with E-state index in [0.29, 0.717) is 12.5 Å². The van der Waals surface area contributed by atoms with Crippen LogP contribution in [0.5, 0.6) is 11.5 Å². The molecule has 2 aliphatic heterocycles. The summed E-state index contributed by atoms with van der Waals surface area (Å²) in [5.74, 6) is 2.61. The van der Waals surface area contributed by atoms with Gasteiger partial charge in [0.1, 0.15) is 11.5 Å². The van der Waals surface area contributed by atoms with Crippen LogP contribution in [-0.2, 0) is 19.3 Å². The Labute approximate surface area is 116 Å². The molecule has 0 bridgehead atoms. The fourth-order valence-electron chi connectivity index (χ4n) is 2.80. The van der Waals surface area contributed by atoms with Crippen molar-refractivity contribution in [3.05, 3.63) is 21.2 Å². The second-order valence-electron chi connectivity index (χ2n) is 5.15. The number of hydrogen-bond acceptors (Lipinski definition) is 3. The highest BCUT2D eigenvalue weighted by molar-refractivity contribution is 9.10. The van der Waals surface area contributed by atoms with Crippen molar-refractivity contribution in [3.63, 3.8) is 0 Å². The minimum atomic E-state index is 0.476. The number of rotatable bonds is 3. The van der Waals surface area contributed by atoms with E-state index in [-0.39, 0.29) is 0 Å². The summed E-state index contributed by atoms with van der Waals surface area (Å²) in [6.45, 7) is 4.45. The Bertz CT molecular complexity index is 452. The van der Waals surface area contributed by atoms with Gasteiger partial charge < -0.3 is 15.2 Å². The van der Waals surface area contributed by atoms with Crippen molar-refractivity contribution < 1.29 is 9.47 Å². The molecular formula is C14H18BrNO2. The van der Waals surface area contributed by atoms with Crippen LogP contribution in [0, 0.1) is 5.92 Å². The van der Waals surface area contributed by atoms with Crippen LogP contribution in [-0.4, -0.2) is 19.8 Å². The minimum absolute atomic E-state index is 0.476. The molecule has 2 aliphatic rings. The molecule has 0 amide bonds. The normalized spacial score (nSPS) is 17.9. The monoisotopic (exact) mass is 311 g/mol. The third kappa shape index (κ3) is 1.82. The maximum atomic E-state index is 5.85. The molecule has 18 heavy (non-hydrogen) atoms. The van der Waals surface area contributed by atoms with E-state index in [1.54, 1.807) is 0 Å². The standard InChI is InChI=1S/C14H18BrNO2/c1-8(7-16)6-11-9-2-4-18-14(9)12(15)10-3-5-17-13(10)11/h8H,2-7,16H2,1H3. The molecule has 1 unspecified atom stereocenters. The van der Waals surface area contributed by atoms with Crippen molar-refractivity contribution in [1.82, 2.24) is 0 Å². The Kier molecular flexibility index (Phi) is 3.24. The van der Waals surface area contributed by atoms with Crippen LogP contribution in [0.3, 0.4) is 0 Å². The van der Waals surface area contributed by atoms with Crippen molar-refractivity contribution in [2.24, 2.45) is 11.7 Å². The Morgan fingerprint density at radius 1 is 1.17 bits per heavy atom. The van der Waals surface area contributed by atoms with Gasteiger partial charge in [0.15, 0.2) is 0 Å². The van der Waals surface area contributed by atoms with Crippen molar-refractivity contribution in [1.29, 1.82) is 0 Å². The topological polar surface area (TPSA) is 44.5 Å². The van der Waals surface area contributed by atoms with Crippen molar-refractivity contribution >= 4 is 15.9 Å². The Balaban J connectivity index is 2.12. The molecule has 2 N–H and O–H groups in total. The maximum absolute atomic E-state index is 5.85. The zero-order chi connectivity index (χ0) is 12.7. The Morgan fingerprint density at radius 2 is 1.83 bits per heavy atom. The van der Waals surface area contributed by atoms with Gasteiger partial charge in [0.2, 0.25) is 0 Å². The van der Waals surface area contributed by atoms with Crippen molar-refractivity contribution in [3.8, 4) is 11.5 Å². The molecule has 0 fully saturated rings. The summed E-state index contributed by atoms with van der Waals surface area (Å²) in [5, 5.41) is 0. The first-order valence-electron chi connectivity index (χ1n) is 6.54. The highest BCUT2D eigenvalue weighted by atomic mass is 79.9. The van der Waals surface area contributed by atoms with Crippen LogP contribution >= 0.6 is 15.9 Å². The molecule has 1 aromatic carbocycles. The number of ether oxygens (including phenoxy) is 2. The van der Waals surface area contributed by atoms with E-state index in [1.165, 1.54) is 16.7 Å². The zero-order valence-electron chi connectivity index (χ0n) is 10.6.